The molecule has 0 fully saturated rings. The molecule has 0 aromatic carbocycles. The molecule has 0 bridgehead atoms. The number of carbonyl (C=O) groups excluding carboxylic acids is 1. The van der Waals surface area contributed by atoms with Crippen LogP contribution in [0.1, 0.15) is 27.5 Å². The Balaban J connectivity index is 1.56. The number of carbonyl (C=O) groups is 1. The maximum Gasteiger partial charge on any atom is 0.261 e. The van der Waals surface area contributed by atoms with E-state index in [4.69, 9.17) is 0 Å². The van der Waals surface area contributed by atoms with Crippen LogP contribution in [0.15, 0.2) is 23.8 Å². The molecule has 1 atom stereocenters. The van der Waals surface area contributed by atoms with Crippen LogP contribution in [0.25, 0.3) is 0 Å². The zero-order chi connectivity index (χ0) is 13.2. The van der Waals surface area contributed by atoms with Crippen molar-refractivity contribution in [3.05, 3.63) is 40.1 Å². The first-order valence-corrected chi connectivity index (χ1v) is 7.44. The highest BCUT2D eigenvalue weighted by atomic mass is 32.1. The van der Waals surface area contributed by atoms with Crippen LogP contribution < -0.4 is 5.32 Å². The van der Waals surface area contributed by atoms with Crippen molar-refractivity contribution in [1.82, 2.24) is 14.9 Å². The van der Waals surface area contributed by atoms with Crippen molar-refractivity contribution >= 4 is 17.2 Å². The molecule has 5 heteroatoms. The number of aryl methyl sites for hydroxylation is 2. The van der Waals surface area contributed by atoms with E-state index < -0.39 is 0 Å². The molecule has 100 valence electrons. The van der Waals surface area contributed by atoms with Gasteiger partial charge in [0.05, 0.1) is 4.88 Å². The van der Waals surface area contributed by atoms with Crippen molar-refractivity contribution in [3.63, 3.8) is 0 Å². The number of fused-ring (bicyclic) bond motifs is 1. The van der Waals surface area contributed by atoms with Gasteiger partial charge in [-0.1, -0.05) is 0 Å². The van der Waals surface area contributed by atoms with Crippen LogP contribution in [0.2, 0.25) is 0 Å². The highest BCUT2D eigenvalue weighted by molar-refractivity contribution is 7.12. The minimum Gasteiger partial charge on any atom is -0.351 e. The lowest BCUT2D eigenvalue weighted by Crippen LogP contribution is -2.33. The zero-order valence-corrected chi connectivity index (χ0v) is 11.7. The Kier molecular flexibility index (Phi) is 3.38. The van der Waals surface area contributed by atoms with Gasteiger partial charge in [-0.15, -0.1) is 11.3 Å². The maximum absolute atomic E-state index is 12.0. The third kappa shape index (κ3) is 2.56. The Labute approximate surface area is 116 Å². The van der Waals surface area contributed by atoms with Gasteiger partial charge in [-0.05, 0) is 36.3 Å². The molecule has 0 aliphatic carbocycles. The third-order valence-electron chi connectivity index (χ3n) is 3.67. The lowest BCUT2D eigenvalue weighted by atomic mass is 9.98. The van der Waals surface area contributed by atoms with Gasteiger partial charge in [-0.2, -0.15) is 0 Å². The molecule has 0 spiro atoms. The topological polar surface area (TPSA) is 46.9 Å². The quantitative estimate of drug-likeness (QED) is 0.934. The standard InChI is InChI=1S/C14H17N3OS/c1-10-3-7-19-13(10)14(18)16-9-11-2-5-17-6-4-15-12(17)8-11/h3-4,6-7,11H,2,5,8-9H2,1H3,(H,16,18)/t11-/m0/s1. The van der Waals surface area contributed by atoms with Crippen LogP contribution in [0.4, 0.5) is 0 Å². The summed E-state index contributed by atoms with van der Waals surface area (Å²) in [6.07, 6.45) is 5.94. The third-order valence-corrected chi connectivity index (χ3v) is 4.69. The predicted octanol–water partition coefficient (Wildman–Crippen LogP) is 2.25. The Bertz CT molecular complexity index is 587. The fraction of sp³-hybridized carbons (Fsp3) is 0.429. The van der Waals surface area contributed by atoms with Crippen LogP contribution >= 0.6 is 11.3 Å². The minimum atomic E-state index is 0.0569. The van der Waals surface area contributed by atoms with E-state index in [0.29, 0.717) is 5.92 Å². The van der Waals surface area contributed by atoms with Crippen molar-refractivity contribution < 1.29 is 4.79 Å². The van der Waals surface area contributed by atoms with E-state index in [0.717, 1.165) is 42.2 Å². The Hall–Kier alpha value is -1.62. The highest BCUT2D eigenvalue weighted by Gasteiger charge is 2.20. The largest absolute Gasteiger partial charge is 0.351 e. The van der Waals surface area contributed by atoms with Gasteiger partial charge in [0.1, 0.15) is 5.82 Å². The summed E-state index contributed by atoms with van der Waals surface area (Å²) in [6, 6.07) is 1.98. The summed E-state index contributed by atoms with van der Waals surface area (Å²) in [4.78, 5) is 17.2. The zero-order valence-electron chi connectivity index (χ0n) is 10.9. The van der Waals surface area contributed by atoms with E-state index in [2.05, 4.69) is 14.9 Å². The molecule has 1 aliphatic rings. The summed E-state index contributed by atoms with van der Waals surface area (Å²) in [5.74, 6) is 1.69. The van der Waals surface area contributed by atoms with Crippen molar-refractivity contribution in [3.8, 4) is 0 Å². The summed E-state index contributed by atoms with van der Waals surface area (Å²) >= 11 is 1.51. The first-order valence-electron chi connectivity index (χ1n) is 6.56. The summed E-state index contributed by atoms with van der Waals surface area (Å²) in [6.45, 7) is 3.72. The number of imidazole rings is 1. The monoisotopic (exact) mass is 275 g/mol. The van der Waals surface area contributed by atoms with Gasteiger partial charge in [0.15, 0.2) is 0 Å². The molecule has 0 radical (unpaired) electrons. The lowest BCUT2D eigenvalue weighted by molar-refractivity contribution is 0.0948. The first-order chi connectivity index (χ1) is 9.24. The molecule has 4 nitrogen and oxygen atoms in total. The smallest absolute Gasteiger partial charge is 0.261 e. The van der Waals surface area contributed by atoms with Crippen LogP contribution in [0.5, 0.6) is 0 Å². The van der Waals surface area contributed by atoms with Crippen molar-refractivity contribution in [2.24, 2.45) is 5.92 Å². The van der Waals surface area contributed by atoms with E-state index in [1.165, 1.54) is 11.3 Å². The maximum atomic E-state index is 12.0. The molecule has 0 saturated heterocycles. The fourth-order valence-corrected chi connectivity index (χ4v) is 3.35. The molecular formula is C14H17N3OS. The van der Waals surface area contributed by atoms with Crippen LogP contribution in [0.3, 0.4) is 0 Å². The SMILES string of the molecule is Cc1ccsc1C(=O)NC[C@H]1CCn2ccnc2C1. The molecule has 1 N–H and O–H groups in total. The molecule has 0 unspecified atom stereocenters. The average molecular weight is 275 g/mol. The van der Waals surface area contributed by atoms with Gasteiger partial charge in [-0.25, -0.2) is 4.98 Å². The van der Waals surface area contributed by atoms with Crippen LogP contribution in [-0.2, 0) is 13.0 Å². The molecule has 1 amide bonds. The first kappa shape index (κ1) is 12.4. The second-order valence-corrected chi connectivity index (χ2v) is 5.95. The number of rotatable bonds is 3. The normalized spacial score (nSPS) is 18.1. The van der Waals surface area contributed by atoms with Crippen molar-refractivity contribution in [1.29, 1.82) is 0 Å². The number of thiophene rings is 1. The Morgan fingerprint density at radius 1 is 1.63 bits per heavy atom. The number of amides is 1. The molecule has 2 aromatic rings. The predicted molar refractivity (Wildman–Crippen MR) is 75.4 cm³/mol. The summed E-state index contributed by atoms with van der Waals surface area (Å²) in [5, 5.41) is 5.01. The molecule has 2 aromatic heterocycles. The molecule has 19 heavy (non-hydrogen) atoms. The second-order valence-electron chi connectivity index (χ2n) is 5.04. The Morgan fingerprint density at radius 2 is 2.53 bits per heavy atom. The number of nitrogens with zero attached hydrogens (tertiary/aromatic N) is 2. The van der Waals surface area contributed by atoms with Crippen molar-refractivity contribution in [2.45, 2.75) is 26.3 Å². The fourth-order valence-electron chi connectivity index (χ4n) is 2.51. The van der Waals surface area contributed by atoms with E-state index in [-0.39, 0.29) is 5.91 Å². The molecule has 1 aliphatic heterocycles. The lowest BCUT2D eigenvalue weighted by Gasteiger charge is -2.23. The second kappa shape index (κ2) is 5.17. The Morgan fingerprint density at radius 3 is 3.32 bits per heavy atom. The molecule has 3 heterocycles. The van der Waals surface area contributed by atoms with Crippen LogP contribution in [0, 0.1) is 12.8 Å². The van der Waals surface area contributed by atoms with Crippen molar-refractivity contribution in [2.75, 3.05) is 6.54 Å². The summed E-state index contributed by atoms with van der Waals surface area (Å²) in [5.41, 5.74) is 1.06. The summed E-state index contributed by atoms with van der Waals surface area (Å²) < 4.78 is 2.20. The van der Waals surface area contributed by atoms with Gasteiger partial charge >= 0.3 is 0 Å². The van der Waals surface area contributed by atoms with Gasteiger partial charge in [0, 0.05) is 31.9 Å². The highest BCUT2D eigenvalue weighted by Crippen LogP contribution is 2.19. The number of hydrogen-bond donors (Lipinski definition) is 1. The van der Waals surface area contributed by atoms with E-state index >= 15 is 0 Å². The molecule has 3 rings (SSSR count). The average Bonchev–Trinajstić information content (AvgIpc) is 3.03. The number of hydrogen-bond acceptors (Lipinski definition) is 3. The van der Waals surface area contributed by atoms with Gasteiger partial charge < -0.3 is 9.88 Å². The van der Waals surface area contributed by atoms with E-state index in [9.17, 15) is 4.79 Å². The number of nitrogens with one attached hydrogen (secondary N) is 1. The van der Waals surface area contributed by atoms with Gasteiger partial charge in [0.25, 0.3) is 5.91 Å². The van der Waals surface area contributed by atoms with Crippen LogP contribution in [-0.4, -0.2) is 22.0 Å². The van der Waals surface area contributed by atoms with Gasteiger partial charge in [0.2, 0.25) is 0 Å². The van der Waals surface area contributed by atoms with E-state index in [1.807, 2.05) is 30.8 Å². The minimum absolute atomic E-state index is 0.0569. The van der Waals surface area contributed by atoms with E-state index in [1.54, 1.807) is 0 Å². The summed E-state index contributed by atoms with van der Waals surface area (Å²) in [7, 11) is 0. The molecule has 0 saturated carbocycles. The molecular weight excluding hydrogens is 258 g/mol. The van der Waals surface area contributed by atoms with Gasteiger partial charge in [-0.3, -0.25) is 4.79 Å². The number of aromatic nitrogens is 2.